The summed E-state index contributed by atoms with van der Waals surface area (Å²) in [7, 11) is 1.19. The number of fused-ring (bicyclic) bond motifs is 1. The lowest BCUT2D eigenvalue weighted by Gasteiger charge is -2.38. The predicted molar refractivity (Wildman–Crippen MR) is 88.5 cm³/mol. The van der Waals surface area contributed by atoms with Crippen molar-refractivity contribution in [3.05, 3.63) is 23.5 Å². The molecule has 10 heteroatoms. The third kappa shape index (κ3) is 3.02. The van der Waals surface area contributed by atoms with Crippen LogP contribution < -0.4 is 4.90 Å². The molecule has 2 aliphatic heterocycles. The van der Waals surface area contributed by atoms with Crippen molar-refractivity contribution in [2.24, 2.45) is 0 Å². The molecule has 0 saturated carbocycles. The van der Waals surface area contributed by atoms with Crippen LogP contribution in [0.3, 0.4) is 0 Å². The maximum Gasteiger partial charge on any atom is 0.435 e. The Kier molecular flexibility index (Phi) is 4.26. The third-order valence-corrected chi connectivity index (χ3v) is 4.99. The summed E-state index contributed by atoms with van der Waals surface area (Å²) in [5.74, 6) is -1.45. The second kappa shape index (κ2) is 6.38. The first-order valence-corrected chi connectivity index (χ1v) is 8.54. The minimum Gasteiger partial charge on any atom is -0.465 e. The van der Waals surface area contributed by atoms with Gasteiger partial charge in [0.1, 0.15) is 11.4 Å². The van der Waals surface area contributed by atoms with E-state index >= 15 is 0 Å². The van der Waals surface area contributed by atoms with E-state index in [2.05, 4.69) is 9.97 Å². The topological polar surface area (TPSA) is 76.7 Å². The summed E-state index contributed by atoms with van der Waals surface area (Å²) >= 11 is 0. The van der Waals surface area contributed by atoms with E-state index < -0.39 is 23.6 Å². The second-order valence-corrected chi connectivity index (χ2v) is 6.51. The number of pyridine rings is 1. The molecule has 1 spiro atoms. The molecule has 4 rings (SSSR count). The number of aromatic amines is 1. The number of methoxy groups -OCH3 is 1. The van der Waals surface area contributed by atoms with Crippen LogP contribution in [0.15, 0.2) is 12.3 Å². The van der Waals surface area contributed by atoms with Gasteiger partial charge in [-0.3, -0.25) is 0 Å². The van der Waals surface area contributed by atoms with Crippen molar-refractivity contribution in [1.29, 1.82) is 0 Å². The fourth-order valence-electron chi connectivity index (χ4n) is 3.69. The average molecular weight is 385 g/mol. The fourth-order valence-corrected chi connectivity index (χ4v) is 3.69. The van der Waals surface area contributed by atoms with E-state index in [1.54, 1.807) is 4.90 Å². The molecule has 0 amide bonds. The summed E-state index contributed by atoms with van der Waals surface area (Å²) < 4.78 is 56.7. The molecule has 1 N–H and O–H groups in total. The number of hydrogen-bond donors (Lipinski definition) is 1. The lowest BCUT2D eigenvalue weighted by atomic mass is 10.0. The number of nitrogens with zero attached hydrogens (tertiary/aromatic N) is 2. The first kappa shape index (κ1) is 18.1. The number of carbonyl (C=O) groups excluding carboxylic acids is 1. The summed E-state index contributed by atoms with van der Waals surface area (Å²) in [5.41, 5.74) is -1.27. The van der Waals surface area contributed by atoms with Crippen LogP contribution in [0.2, 0.25) is 0 Å². The zero-order valence-electron chi connectivity index (χ0n) is 14.6. The molecule has 0 unspecified atom stereocenters. The zero-order valence-corrected chi connectivity index (χ0v) is 14.6. The molecule has 2 aliphatic rings. The molecule has 146 valence electrons. The van der Waals surface area contributed by atoms with Crippen LogP contribution in [0.1, 0.15) is 28.9 Å². The molecule has 0 atom stereocenters. The number of piperidine rings is 1. The number of nitrogens with one attached hydrogen (secondary N) is 1. The second-order valence-electron chi connectivity index (χ2n) is 6.51. The van der Waals surface area contributed by atoms with Gasteiger partial charge in [0.15, 0.2) is 11.5 Å². The molecule has 2 aromatic rings. The normalized spacial score (nSPS) is 19.8. The largest absolute Gasteiger partial charge is 0.465 e. The average Bonchev–Trinajstić information content (AvgIpc) is 3.29. The van der Waals surface area contributed by atoms with E-state index in [0.29, 0.717) is 39.1 Å². The van der Waals surface area contributed by atoms with E-state index in [1.807, 2.05) is 0 Å². The van der Waals surface area contributed by atoms with Gasteiger partial charge in [-0.1, -0.05) is 0 Å². The van der Waals surface area contributed by atoms with Crippen molar-refractivity contribution in [3.8, 4) is 0 Å². The standard InChI is InChI=1S/C17H18F3N3O4/c1-25-15(24)11-10-2-5-21-12(10)13(17(18,19)20)22-14(11)23-6-3-16(4-7-23)26-8-9-27-16/h2,5,21H,3-4,6-9H2,1H3. The van der Waals surface area contributed by atoms with E-state index in [-0.39, 0.29) is 22.3 Å². The van der Waals surface area contributed by atoms with Gasteiger partial charge in [-0.25, -0.2) is 9.78 Å². The third-order valence-electron chi connectivity index (χ3n) is 4.99. The Morgan fingerprint density at radius 2 is 1.96 bits per heavy atom. The Labute approximate surface area is 152 Å². The summed E-state index contributed by atoms with van der Waals surface area (Å²) in [5, 5.41) is 0.132. The molecule has 0 bridgehead atoms. The first-order valence-electron chi connectivity index (χ1n) is 8.54. The minimum absolute atomic E-state index is 0.0194. The van der Waals surface area contributed by atoms with Crippen LogP contribution in [0.5, 0.6) is 0 Å². The van der Waals surface area contributed by atoms with E-state index in [1.165, 1.54) is 19.4 Å². The highest BCUT2D eigenvalue weighted by Crippen LogP contribution is 2.40. The first-order chi connectivity index (χ1) is 12.8. The molecular formula is C17H18F3N3O4. The molecule has 2 aromatic heterocycles. The Bertz CT molecular complexity index is 864. The number of rotatable bonds is 2. The molecule has 4 heterocycles. The molecule has 0 aromatic carbocycles. The number of H-pyrrole nitrogens is 1. The van der Waals surface area contributed by atoms with Crippen molar-refractivity contribution in [2.45, 2.75) is 24.8 Å². The predicted octanol–water partition coefficient (Wildman–Crippen LogP) is 2.71. The number of halogens is 3. The zero-order chi connectivity index (χ0) is 19.2. The van der Waals surface area contributed by atoms with Crippen LogP contribution in [0.25, 0.3) is 10.9 Å². The number of aromatic nitrogens is 2. The quantitative estimate of drug-likeness (QED) is 0.801. The Morgan fingerprint density at radius 1 is 1.30 bits per heavy atom. The Balaban J connectivity index is 1.80. The van der Waals surface area contributed by atoms with E-state index in [4.69, 9.17) is 14.2 Å². The monoisotopic (exact) mass is 385 g/mol. The Morgan fingerprint density at radius 3 is 2.56 bits per heavy atom. The summed E-state index contributed by atoms with van der Waals surface area (Å²) in [6.45, 7) is 1.70. The van der Waals surface area contributed by atoms with Gasteiger partial charge < -0.3 is 24.1 Å². The maximum atomic E-state index is 13.5. The smallest absolute Gasteiger partial charge is 0.435 e. The molecule has 2 fully saturated rings. The molecule has 2 saturated heterocycles. The van der Waals surface area contributed by atoms with Gasteiger partial charge in [-0.05, 0) is 6.07 Å². The SMILES string of the molecule is COC(=O)c1c(N2CCC3(CC2)OCCO3)nc(C(F)(F)F)c2[nH]ccc12. The highest BCUT2D eigenvalue weighted by molar-refractivity contribution is 6.08. The minimum atomic E-state index is -4.67. The van der Waals surface area contributed by atoms with Crippen molar-refractivity contribution in [2.75, 3.05) is 38.3 Å². The van der Waals surface area contributed by atoms with Gasteiger partial charge in [0, 0.05) is 37.5 Å². The van der Waals surface area contributed by atoms with Crippen molar-refractivity contribution in [1.82, 2.24) is 9.97 Å². The van der Waals surface area contributed by atoms with Crippen molar-refractivity contribution < 1.29 is 32.2 Å². The number of carbonyl (C=O) groups is 1. The van der Waals surface area contributed by atoms with Gasteiger partial charge in [0.25, 0.3) is 0 Å². The molecule has 27 heavy (non-hydrogen) atoms. The van der Waals surface area contributed by atoms with Gasteiger partial charge in [-0.15, -0.1) is 0 Å². The number of alkyl halides is 3. The lowest BCUT2D eigenvalue weighted by Crippen LogP contribution is -2.46. The van der Waals surface area contributed by atoms with Crippen LogP contribution in [0, 0.1) is 0 Å². The number of ether oxygens (including phenoxy) is 3. The fraction of sp³-hybridized carbons (Fsp3) is 0.529. The molecule has 0 radical (unpaired) electrons. The van der Waals surface area contributed by atoms with Crippen LogP contribution in [0.4, 0.5) is 19.0 Å². The van der Waals surface area contributed by atoms with Gasteiger partial charge >= 0.3 is 12.1 Å². The number of esters is 1. The van der Waals surface area contributed by atoms with Crippen LogP contribution in [-0.2, 0) is 20.4 Å². The lowest BCUT2D eigenvalue weighted by molar-refractivity contribution is -0.169. The Hall–Kier alpha value is -2.33. The summed E-state index contributed by atoms with van der Waals surface area (Å²) in [6, 6.07) is 1.43. The van der Waals surface area contributed by atoms with Crippen LogP contribution in [-0.4, -0.2) is 55.1 Å². The highest BCUT2D eigenvalue weighted by atomic mass is 19.4. The summed E-state index contributed by atoms with van der Waals surface area (Å²) in [6.07, 6.45) is -2.37. The van der Waals surface area contributed by atoms with Gasteiger partial charge in [0.05, 0.1) is 25.8 Å². The van der Waals surface area contributed by atoms with Gasteiger partial charge in [-0.2, -0.15) is 13.2 Å². The van der Waals surface area contributed by atoms with Crippen molar-refractivity contribution >= 4 is 22.7 Å². The number of hydrogen-bond acceptors (Lipinski definition) is 6. The molecular weight excluding hydrogens is 367 g/mol. The van der Waals surface area contributed by atoms with Gasteiger partial charge in [0.2, 0.25) is 0 Å². The van der Waals surface area contributed by atoms with Crippen molar-refractivity contribution in [3.63, 3.8) is 0 Å². The maximum absolute atomic E-state index is 13.5. The number of anilines is 1. The highest BCUT2D eigenvalue weighted by Gasteiger charge is 2.42. The molecule has 7 nitrogen and oxygen atoms in total. The van der Waals surface area contributed by atoms with E-state index in [9.17, 15) is 18.0 Å². The van der Waals surface area contributed by atoms with Crippen LogP contribution >= 0.6 is 0 Å². The molecule has 0 aliphatic carbocycles. The van der Waals surface area contributed by atoms with E-state index in [0.717, 1.165) is 0 Å². The summed E-state index contributed by atoms with van der Waals surface area (Å²) in [4.78, 5) is 20.4.